The van der Waals surface area contributed by atoms with Crippen LogP contribution < -0.4 is 0 Å². The maximum atomic E-state index is 12.4. The van der Waals surface area contributed by atoms with Crippen LogP contribution in [0.5, 0.6) is 0 Å². The third-order valence-corrected chi connectivity index (χ3v) is 4.47. The standard InChI is InChI=1S/C15H16BrNO/c16-14-7-3-6-11(8-14)15(18)17-9-12-4-1-2-5-13(12)10-17/h1-3,6-8,12-13H,4-5,9-10H2. The summed E-state index contributed by atoms with van der Waals surface area (Å²) in [5.74, 6) is 1.52. The fraction of sp³-hybridized carbons (Fsp3) is 0.400. The molecule has 1 saturated heterocycles. The highest BCUT2D eigenvalue weighted by Gasteiger charge is 2.35. The molecule has 0 radical (unpaired) electrons. The Morgan fingerprint density at radius 3 is 2.44 bits per heavy atom. The molecule has 2 unspecified atom stereocenters. The van der Waals surface area contributed by atoms with Crippen molar-refractivity contribution in [3.05, 3.63) is 46.5 Å². The number of halogens is 1. The van der Waals surface area contributed by atoms with E-state index in [4.69, 9.17) is 0 Å². The van der Waals surface area contributed by atoms with Crippen LogP contribution >= 0.6 is 15.9 Å². The predicted octanol–water partition coefficient (Wildman–Crippen LogP) is 3.49. The van der Waals surface area contributed by atoms with E-state index in [-0.39, 0.29) is 5.91 Å². The minimum absolute atomic E-state index is 0.172. The van der Waals surface area contributed by atoms with E-state index in [2.05, 4.69) is 28.1 Å². The van der Waals surface area contributed by atoms with Crippen molar-refractivity contribution in [3.8, 4) is 0 Å². The molecule has 1 amide bonds. The summed E-state index contributed by atoms with van der Waals surface area (Å²) >= 11 is 3.42. The fourth-order valence-corrected chi connectivity index (χ4v) is 3.38. The highest BCUT2D eigenvalue weighted by Crippen LogP contribution is 2.33. The van der Waals surface area contributed by atoms with Gasteiger partial charge in [0.2, 0.25) is 0 Å². The molecule has 2 aliphatic rings. The molecule has 3 rings (SSSR count). The van der Waals surface area contributed by atoms with E-state index >= 15 is 0 Å². The number of hydrogen-bond acceptors (Lipinski definition) is 1. The number of amides is 1. The average molecular weight is 306 g/mol. The van der Waals surface area contributed by atoms with E-state index in [1.54, 1.807) is 0 Å². The Bertz CT molecular complexity index is 481. The molecule has 0 spiro atoms. The lowest BCUT2D eigenvalue weighted by Gasteiger charge is -2.17. The van der Waals surface area contributed by atoms with Crippen LogP contribution in [0.2, 0.25) is 0 Å². The zero-order chi connectivity index (χ0) is 12.5. The molecule has 1 aromatic rings. The number of hydrogen-bond donors (Lipinski definition) is 0. The average Bonchev–Trinajstić information content (AvgIpc) is 2.81. The van der Waals surface area contributed by atoms with Gasteiger partial charge in [0.1, 0.15) is 0 Å². The van der Waals surface area contributed by atoms with Gasteiger partial charge in [-0.2, -0.15) is 0 Å². The van der Waals surface area contributed by atoms with Gasteiger partial charge in [-0.05, 0) is 42.9 Å². The smallest absolute Gasteiger partial charge is 0.253 e. The van der Waals surface area contributed by atoms with Crippen LogP contribution in [0.4, 0.5) is 0 Å². The third-order valence-electron chi connectivity index (χ3n) is 3.98. The molecule has 1 heterocycles. The largest absolute Gasteiger partial charge is 0.338 e. The van der Waals surface area contributed by atoms with Crippen molar-refractivity contribution < 1.29 is 4.79 Å². The van der Waals surface area contributed by atoms with Crippen LogP contribution in [0, 0.1) is 11.8 Å². The summed E-state index contributed by atoms with van der Waals surface area (Å²) in [4.78, 5) is 14.4. The van der Waals surface area contributed by atoms with Crippen molar-refractivity contribution in [2.24, 2.45) is 11.8 Å². The Morgan fingerprint density at radius 2 is 1.83 bits per heavy atom. The summed E-state index contributed by atoms with van der Waals surface area (Å²) in [5.41, 5.74) is 0.788. The Kier molecular flexibility index (Phi) is 3.25. The summed E-state index contributed by atoms with van der Waals surface area (Å²) in [6.45, 7) is 1.83. The van der Waals surface area contributed by atoms with Crippen molar-refractivity contribution in [2.75, 3.05) is 13.1 Å². The zero-order valence-electron chi connectivity index (χ0n) is 10.2. The van der Waals surface area contributed by atoms with Crippen molar-refractivity contribution in [2.45, 2.75) is 12.8 Å². The number of allylic oxidation sites excluding steroid dienone is 2. The van der Waals surface area contributed by atoms with Crippen LogP contribution in [0.25, 0.3) is 0 Å². The Hall–Kier alpha value is -1.09. The quantitative estimate of drug-likeness (QED) is 0.727. The summed E-state index contributed by atoms with van der Waals surface area (Å²) < 4.78 is 0.964. The van der Waals surface area contributed by atoms with Crippen molar-refractivity contribution in [1.29, 1.82) is 0 Å². The van der Waals surface area contributed by atoms with E-state index in [1.165, 1.54) is 0 Å². The van der Waals surface area contributed by atoms with Gasteiger partial charge < -0.3 is 4.90 Å². The molecular weight excluding hydrogens is 290 g/mol. The third kappa shape index (κ3) is 2.24. The molecule has 0 aromatic heterocycles. The van der Waals surface area contributed by atoms with Crippen LogP contribution in [0.1, 0.15) is 23.2 Å². The number of likely N-dealkylation sites (tertiary alicyclic amines) is 1. The molecule has 2 nitrogen and oxygen atoms in total. The van der Waals surface area contributed by atoms with Gasteiger partial charge >= 0.3 is 0 Å². The van der Waals surface area contributed by atoms with Gasteiger partial charge in [-0.25, -0.2) is 0 Å². The monoisotopic (exact) mass is 305 g/mol. The topological polar surface area (TPSA) is 20.3 Å². The lowest BCUT2D eigenvalue weighted by molar-refractivity contribution is 0.0784. The minimum Gasteiger partial charge on any atom is -0.338 e. The second-order valence-electron chi connectivity index (χ2n) is 5.18. The maximum absolute atomic E-state index is 12.4. The fourth-order valence-electron chi connectivity index (χ4n) is 2.98. The first kappa shape index (κ1) is 12.0. The summed E-state index contributed by atoms with van der Waals surface area (Å²) in [6.07, 6.45) is 6.78. The van der Waals surface area contributed by atoms with Crippen LogP contribution in [0.3, 0.4) is 0 Å². The lowest BCUT2D eigenvalue weighted by Crippen LogP contribution is -2.28. The van der Waals surface area contributed by atoms with Crippen molar-refractivity contribution in [1.82, 2.24) is 4.90 Å². The van der Waals surface area contributed by atoms with E-state index in [0.717, 1.165) is 36.0 Å². The normalized spacial score (nSPS) is 26.2. The number of fused-ring (bicyclic) bond motifs is 1. The maximum Gasteiger partial charge on any atom is 0.253 e. The van der Waals surface area contributed by atoms with Crippen molar-refractivity contribution >= 4 is 21.8 Å². The Labute approximate surface area is 116 Å². The number of rotatable bonds is 1. The van der Waals surface area contributed by atoms with Crippen LogP contribution in [-0.4, -0.2) is 23.9 Å². The van der Waals surface area contributed by atoms with Gasteiger partial charge in [0, 0.05) is 23.1 Å². The first-order valence-corrected chi connectivity index (χ1v) is 7.23. The molecule has 1 aromatic carbocycles. The van der Waals surface area contributed by atoms with E-state index in [0.29, 0.717) is 11.8 Å². The molecule has 3 heteroatoms. The Balaban J connectivity index is 1.75. The molecule has 94 valence electrons. The zero-order valence-corrected chi connectivity index (χ0v) is 11.8. The second-order valence-corrected chi connectivity index (χ2v) is 6.10. The molecule has 0 N–H and O–H groups in total. The SMILES string of the molecule is O=C(c1cccc(Br)c1)N1CC2CC=CCC2C1. The number of nitrogens with zero attached hydrogens (tertiary/aromatic N) is 1. The van der Waals surface area contributed by atoms with Crippen molar-refractivity contribution in [3.63, 3.8) is 0 Å². The Morgan fingerprint density at radius 1 is 1.17 bits per heavy atom. The summed E-state index contributed by atoms with van der Waals surface area (Å²) in [6, 6.07) is 7.67. The van der Waals surface area contributed by atoms with Gasteiger partial charge in [-0.1, -0.05) is 34.1 Å². The van der Waals surface area contributed by atoms with Crippen LogP contribution in [-0.2, 0) is 0 Å². The second kappa shape index (κ2) is 4.88. The number of benzene rings is 1. The van der Waals surface area contributed by atoms with E-state index in [9.17, 15) is 4.79 Å². The molecular formula is C15H16BrNO. The van der Waals surface area contributed by atoms with Gasteiger partial charge in [-0.15, -0.1) is 0 Å². The minimum atomic E-state index is 0.172. The highest BCUT2D eigenvalue weighted by molar-refractivity contribution is 9.10. The van der Waals surface area contributed by atoms with Gasteiger partial charge in [-0.3, -0.25) is 4.79 Å². The number of carbonyl (C=O) groups is 1. The molecule has 0 bridgehead atoms. The lowest BCUT2D eigenvalue weighted by atomic mass is 9.86. The van der Waals surface area contributed by atoms with E-state index < -0.39 is 0 Å². The molecule has 1 fully saturated rings. The number of carbonyl (C=O) groups excluding carboxylic acids is 1. The summed E-state index contributed by atoms with van der Waals surface area (Å²) in [5, 5.41) is 0. The van der Waals surface area contributed by atoms with Gasteiger partial charge in [0.15, 0.2) is 0 Å². The highest BCUT2D eigenvalue weighted by atomic mass is 79.9. The molecule has 0 saturated carbocycles. The molecule has 18 heavy (non-hydrogen) atoms. The first-order chi connectivity index (χ1) is 8.74. The van der Waals surface area contributed by atoms with Gasteiger partial charge in [0.25, 0.3) is 5.91 Å². The summed E-state index contributed by atoms with van der Waals surface area (Å²) in [7, 11) is 0. The van der Waals surface area contributed by atoms with Crippen LogP contribution in [0.15, 0.2) is 40.9 Å². The molecule has 2 atom stereocenters. The predicted molar refractivity (Wildman–Crippen MR) is 75.4 cm³/mol. The van der Waals surface area contributed by atoms with Gasteiger partial charge in [0.05, 0.1) is 0 Å². The van der Waals surface area contributed by atoms with E-state index in [1.807, 2.05) is 29.2 Å². The molecule has 1 aliphatic heterocycles. The first-order valence-electron chi connectivity index (χ1n) is 6.44. The molecule has 1 aliphatic carbocycles.